The Hall–Kier alpha value is -2.76. The van der Waals surface area contributed by atoms with Crippen molar-refractivity contribution in [3.05, 3.63) is 28.8 Å². The summed E-state index contributed by atoms with van der Waals surface area (Å²) in [6.07, 6.45) is 15.1. The summed E-state index contributed by atoms with van der Waals surface area (Å²) >= 11 is 1.23. The lowest BCUT2D eigenvalue weighted by Gasteiger charge is -2.14. The van der Waals surface area contributed by atoms with Crippen LogP contribution in [-0.2, 0) is 6.54 Å². The summed E-state index contributed by atoms with van der Waals surface area (Å²) in [6, 6.07) is 4.37. The smallest absolute Gasteiger partial charge is 0.342 e. The number of carboxylic acid groups (broad SMARTS) is 1. The van der Waals surface area contributed by atoms with Crippen LogP contribution in [0.1, 0.15) is 92.6 Å². The van der Waals surface area contributed by atoms with Crippen LogP contribution in [0, 0.1) is 6.92 Å². The molecule has 0 unspecified atom stereocenters. The van der Waals surface area contributed by atoms with E-state index >= 15 is 0 Å². The van der Waals surface area contributed by atoms with Crippen LogP contribution in [0.3, 0.4) is 0 Å². The molecule has 0 aliphatic heterocycles. The highest BCUT2D eigenvalue weighted by Gasteiger charge is 2.24. The van der Waals surface area contributed by atoms with E-state index in [0.29, 0.717) is 29.0 Å². The van der Waals surface area contributed by atoms with Gasteiger partial charge >= 0.3 is 5.97 Å². The second-order valence-corrected chi connectivity index (χ2v) is 10.5. The maximum Gasteiger partial charge on any atom is 0.342 e. The van der Waals surface area contributed by atoms with Crippen molar-refractivity contribution in [3.63, 3.8) is 0 Å². The molecule has 1 aromatic heterocycles. The molecule has 0 amide bonds. The molecule has 10 nitrogen and oxygen atoms in total. The summed E-state index contributed by atoms with van der Waals surface area (Å²) in [5.74, 6) is -1.10. The zero-order valence-electron chi connectivity index (χ0n) is 23.1. The number of anilines is 1. The number of hydrogen-bond acceptors (Lipinski definition) is 7. The third-order valence-electron chi connectivity index (χ3n) is 6.42. The van der Waals surface area contributed by atoms with Crippen LogP contribution in [0.25, 0.3) is 5.69 Å². The Morgan fingerprint density at radius 1 is 1.16 bits per heavy atom. The van der Waals surface area contributed by atoms with Gasteiger partial charge in [0.05, 0.1) is 11.4 Å². The first kappa shape index (κ1) is 31.5. The molecule has 3 rings (SSSR count). The molecule has 0 bridgehead atoms. The lowest BCUT2D eigenvalue weighted by molar-refractivity contribution is 0.0694. The standard InChI is InChI=1S/C17H23N7O2S.C10H23N/c1-8-11(22-17(19)20)5-9(7-21-10-3-4-10)6-12(8)24-14(18)13(16(25)26)15(23-24)27-2;1-2-3-4-5-6-7-8-9-10-11/h5-6,10,21H,3-4,7,18H2,1-2H3,(H,25,26)(H4,19,20,22);2-11H2,1H3. The Kier molecular flexibility index (Phi) is 13.5. The molecule has 38 heavy (non-hydrogen) atoms. The maximum absolute atomic E-state index is 11.6. The Labute approximate surface area is 231 Å². The highest BCUT2D eigenvalue weighted by Crippen LogP contribution is 2.33. The third kappa shape index (κ3) is 9.85. The van der Waals surface area contributed by atoms with Crippen LogP contribution in [-0.4, -0.2) is 45.7 Å². The van der Waals surface area contributed by atoms with Gasteiger partial charge in [0, 0.05) is 18.2 Å². The molecule has 1 fully saturated rings. The Morgan fingerprint density at radius 2 is 1.79 bits per heavy atom. The summed E-state index contributed by atoms with van der Waals surface area (Å²) in [5, 5.41) is 17.7. The molecule has 1 heterocycles. The molecule has 10 N–H and O–H groups in total. The van der Waals surface area contributed by atoms with Crippen LogP contribution in [0.2, 0.25) is 0 Å². The van der Waals surface area contributed by atoms with Gasteiger partial charge in [-0.1, -0.05) is 51.9 Å². The summed E-state index contributed by atoms with van der Waals surface area (Å²) in [7, 11) is 0. The number of rotatable bonds is 15. The molecule has 0 saturated heterocycles. The SMILES string of the molecule is CCCCCCCCCCN.CSc1nn(-c2cc(CNC3CC3)cc(N=C(N)N)c2C)c(N)c1C(=O)O. The first-order valence-corrected chi connectivity index (χ1v) is 14.8. The quantitative estimate of drug-likeness (QED) is 0.0814. The van der Waals surface area contributed by atoms with Crippen molar-refractivity contribution in [2.75, 3.05) is 18.5 Å². The van der Waals surface area contributed by atoms with Gasteiger partial charge in [-0.3, -0.25) is 0 Å². The first-order chi connectivity index (χ1) is 18.2. The molecule has 0 spiro atoms. The predicted octanol–water partition coefficient (Wildman–Crippen LogP) is 4.43. The average molecular weight is 547 g/mol. The van der Waals surface area contributed by atoms with Gasteiger partial charge in [-0.15, -0.1) is 11.8 Å². The van der Waals surface area contributed by atoms with Crippen molar-refractivity contribution >= 4 is 35.2 Å². The Morgan fingerprint density at radius 3 is 2.29 bits per heavy atom. The number of unbranched alkanes of at least 4 members (excludes halogenated alkanes) is 7. The molecule has 11 heteroatoms. The van der Waals surface area contributed by atoms with E-state index in [9.17, 15) is 9.90 Å². The number of nitrogens with zero attached hydrogens (tertiary/aromatic N) is 3. The fourth-order valence-electron chi connectivity index (χ4n) is 4.08. The number of nitrogens with one attached hydrogen (secondary N) is 1. The van der Waals surface area contributed by atoms with Crippen LogP contribution >= 0.6 is 11.8 Å². The second kappa shape index (κ2) is 16.3. The number of hydrogen-bond donors (Lipinski definition) is 6. The number of aromatic nitrogens is 2. The zero-order chi connectivity index (χ0) is 28.1. The molecule has 0 atom stereocenters. The highest BCUT2D eigenvalue weighted by atomic mass is 32.2. The summed E-state index contributed by atoms with van der Waals surface area (Å²) in [6.45, 7) is 5.62. The van der Waals surface area contributed by atoms with Crippen molar-refractivity contribution in [3.8, 4) is 5.69 Å². The lowest BCUT2D eigenvalue weighted by Crippen LogP contribution is -2.22. The average Bonchev–Trinajstić information content (AvgIpc) is 3.65. The number of aromatic carboxylic acids is 1. The van der Waals surface area contributed by atoms with Gasteiger partial charge in [0.2, 0.25) is 0 Å². The van der Waals surface area contributed by atoms with Crippen molar-refractivity contribution in [1.29, 1.82) is 0 Å². The molecule has 1 saturated carbocycles. The van der Waals surface area contributed by atoms with Crippen molar-refractivity contribution in [2.24, 2.45) is 22.2 Å². The largest absolute Gasteiger partial charge is 0.477 e. The number of nitrogen functional groups attached to an aromatic ring is 1. The molecule has 2 aromatic rings. The number of carbonyl (C=O) groups is 1. The number of guanidine groups is 1. The van der Waals surface area contributed by atoms with Gasteiger partial charge < -0.3 is 33.4 Å². The van der Waals surface area contributed by atoms with E-state index in [4.69, 9.17) is 22.9 Å². The minimum atomic E-state index is -1.11. The minimum absolute atomic E-state index is 0.00759. The van der Waals surface area contributed by atoms with Gasteiger partial charge in [0.25, 0.3) is 0 Å². The van der Waals surface area contributed by atoms with E-state index in [-0.39, 0.29) is 17.3 Å². The molecular formula is C27H46N8O2S. The van der Waals surface area contributed by atoms with E-state index < -0.39 is 5.97 Å². The van der Waals surface area contributed by atoms with E-state index in [1.54, 1.807) is 6.26 Å². The molecule has 212 valence electrons. The molecule has 1 aromatic carbocycles. The molecule has 1 aliphatic rings. The van der Waals surface area contributed by atoms with Crippen molar-refractivity contribution in [2.45, 2.75) is 95.7 Å². The van der Waals surface area contributed by atoms with Crippen molar-refractivity contribution in [1.82, 2.24) is 15.1 Å². The number of aliphatic imine (C=N–C) groups is 1. The highest BCUT2D eigenvalue weighted by molar-refractivity contribution is 7.98. The topological polar surface area (TPSA) is 184 Å². The summed E-state index contributed by atoms with van der Waals surface area (Å²) in [5.41, 5.74) is 25.6. The van der Waals surface area contributed by atoms with Gasteiger partial charge in [-0.25, -0.2) is 14.5 Å². The van der Waals surface area contributed by atoms with Gasteiger partial charge in [0.15, 0.2) is 5.96 Å². The van der Waals surface area contributed by atoms with E-state index in [1.807, 2.05) is 19.1 Å². The zero-order valence-corrected chi connectivity index (χ0v) is 23.9. The van der Waals surface area contributed by atoms with E-state index in [0.717, 1.165) is 17.7 Å². The predicted molar refractivity (Wildman–Crippen MR) is 158 cm³/mol. The van der Waals surface area contributed by atoms with Crippen LogP contribution in [0.5, 0.6) is 0 Å². The Balaban J connectivity index is 0.000000391. The number of thioether (sulfide) groups is 1. The van der Waals surface area contributed by atoms with Crippen LogP contribution in [0.4, 0.5) is 11.5 Å². The maximum atomic E-state index is 11.6. The van der Waals surface area contributed by atoms with Gasteiger partial charge in [-0.2, -0.15) is 5.10 Å². The fraction of sp³-hybridized carbons (Fsp3) is 0.593. The van der Waals surface area contributed by atoms with Crippen molar-refractivity contribution < 1.29 is 9.90 Å². The normalized spacial score (nSPS) is 12.6. The molecular weight excluding hydrogens is 500 g/mol. The minimum Gasteiger partial charge on any atom is -0.477 e. The third-order valence-corrected chi connectivity index (χ3v) is 7.09. The van der Waals surface area contributed by atoms with E-state index in [1.165, 1.54) is 80.7 Å². The summed E-state index contributed by atoms with van der Waals surface area (Å²) in [4.78, 5) is 15.8. The molecule has 1 aliphatic carbocycles. The van der Waals surface area contributed by atoms with Gasteiger partial charge in [0.1, 0.15) is 16.4 Å². The van der Waals surface area contributed by atoms with E-state index in [2.05, 4.69) is 22.3 Å². The van der Waals surface area contributed by atoms with Crippen LogP contribution in [0.15, 0.2) is 22.2 Å². The Bertz CT molecular complexity index is 1050. The number of carboxylic acids is 1. The molecule has 0 radical (unpaired) electrons. The number of nitrogens with two attached hydrogens (primary N) is 4. The fourth-order valence-corrected chi connectivity index (χ4v) is 4.64. The number of benzene rings is 1. The van der Waals surface area contributed by atoms with Gasteiger partial charge in [-0.05, 0) is 56.7 Å². The second-order valence-electron chi connectivity index (χ2n) is 9.70. The first-order valence-electron chi connectivity index (χ1n) is 13.6. The summed E-state index contributed by atoms with van der Waals surface area (Å²) < 4.78 is 1.44. The monoisotopic (exact) mass is 546 g/mol. The lowest BCUT2D eigenvalue weighted by atomic mass is 10.1. The van der Waals surface area contributed by atoms with Crippen LogP contribution < -0.4 is 28.3 Å².